The van der Waals surface area contributed by atoms with E-state index in [2.05, 4.69) is 18.7 Å². The quantitative estimate of drug-likeness (QED) is 0.206. The minimum atomic E-state index is -1.01. The second kappa shape index (κ2) is 13.5. The third-order valence-electron chi connectivity index (χ3n) is 9.27. The smallest absolute Gasteiger partial charge is 0.339 e. The Kier molecular flexibility index (Phi) is 9.51. The predicted molar refractivity (Wildman–Crippen MR) is 184 cm³/mol. The second-order valence-electron chi connectivity index (χ2n) is 14.3. The molecule has 0 amide bonds. The summed E-state index contributed by atoms with van der Waals surface area (Å²) in [6, 6.07) is 14.5. The standard InChI is InChI=1S/C38H47FN4O5/c1-24-11-8-9-20-46-38(6)16-18-42(19-17-38)35-33(34(36(44)45-7)48-37(3,4)5)25(2)40-32-23-30(41-43(32)35)27-13-10-12-26(21-27)29-22-28(39)14-15-31(29)47-24/h10,12-15,21-24,34H,8-9,11,16-20H2,1-7H3. The Hall–Kier alpha value is -4.02. The van der Waals surface area contributed by atoms with Gasteiger partial charge in [0.05, 0.1) is 35.7 Å². The molecule has 0 saturated carbocycles. The molecule has 2 unspecified atom stereocenters. The van der Waals surface area contributed by atoms with Gasteiger partial charge in [-0.3, -0.25) is 0 Å². The minimum Gasteiger partial charge on any atom is -0.490 e. The minimum absolute atomic E-state index is 0.0433. The van der Waals surface area contributed by atoms with Crippen LogP contribution in [0.15, 0.2) is 48.5 Å². The molecule has 3 aliphatic heterocycles. The van der Waals surface area contributed by atoms with Crippen LogP contribution in [0.2, 0.25) is 0 Å². The van der Waals surface area contributed by atoms with Crippen LogP contribution in [-0.4, -0.2) is 64.7 Å². The number of rotatable bonds is 3. The van der Waals surface area contributed by atoms with Crippen molar-refractivity contribution < 1.29 is 28.1 Å². The summed E-state index contributed by atoms with van der Waals surface area (Å²) < 4.78 is 41.0. The number of fused-ring (bicyclic) bond motifs is 8. The molecule has 4 aromatic rings. The van der Waals surface area contributed by atoms with E-state index in [0.29, 0.717) is 53.6 Å². The lowest BCUT2D eigenvalue weighted by Crippen LogP contribution is -2.46. The number of hydrogen-bond donors (Lipinski definition) is 0. The van der Waals surface area contributed by atoms with Crippen LogP contribution in [0.4, 0.5) is 10.2 Å². The number of ether oxygens (including phenoxy) is 4. The maximum absolute atomic E-state index is 14.6. The number of anilines is 1. The fourth-order valence-electron chi connectivity index (χ4n) is 6.69. The van der Waals surface area contributed by atoms with Crippen LogP contribution in [0.25, 0.3) is 28.0 Å². The van der Waals surface area contributed by atoms with E-state index in [9.17, 15) is 9.18 Å². The normalized spacial score (nSPS) is 21.1. The number of benzene rings is 2. The van der Waals surface area contributed by atoms with E-state index in [1.165, 1.54) is 19.2 Å². The molecule has 0 aliphatic carbocycles. The van der Waals surface area contributed by atoms with Crippen LogP contribution >= 0.6 is 0 Å². The molecule has 9 nitrogen and oxygen atoms in total. The van der Waals surface area contributed by atoms with E-state index in [1.54, 1.807) is 6.07 Å². The fraction of sp³-hybridized carbons (Fsp3) is 0.500. The molecule has 0 N–H and O–H groups in total. The van der Waals surface area contributed by atoms with Gasteiger partial charge in [0.1, 0.15) is 17.4 Å². The van der Waals surface area contributed by atoms with Crippen molar-refractivity contribution in [3.8, 4) is 28.1 Å². The number of halogens is 1. The van der Waals surface area contributed by atoms with Gasteiger partial charge >= 0.3 is 5.97 Å². The van der Waals surface area contributed by atoms with Gasteiger partial charge in [0.15, 0.2) is 11.8 Å². The first-order chi connectivity index (χ1) is 22.8. The van der Waals surface area contributed by atoms with Crippen molar-refractivity contribution in [2.75, 3.05) is 31.7 Å². The van der Waals surface area contributed by atoms with E-state index in [1.807, 2.05) is 62.5 Å². The summed E-state index contributed by atoms with van der Waals surface area (Å²) in [6.45, 7) is 14.0. The highest BCUT2D eigenvalue weighted by molar-refractivity contribution is 5.81. The maximum Gasteiger partial charge on any atom is 0.339 e. The Labute approximate surface area is 282 Å². The molecule has 10 heteroatoms. The first-order valence-electron chi connectivity index (χ1n) is 17.0. The summed E-state index contributed by atoms with van der Waals surface area (Å²) >= 11 is 0. The Morgan fingerprint density at radius 1 is 1.08 bits per heavy atom. The zero-order chi connectivity index (χ0) is 34.2. The number of aromatic nitrogens is 3. The number of aryl methyl sites for hydroxylation is 1. The van der Waals surface area contributed by atoms with Crippen LogP contribution in [0.1, 0.15) is 84.1 Å². The lowest BCUT2D eigenvalue weighted by Gasteiger charge is -2.41. The van der Waals surface area contributed by atoms with Gasteiger partial charge in [-0.2, -0.15) is 9.61 Å². The van der Waals surface area contributed by atoms with E-state index < -0.39 is 17.7 Å². The average Bonchev–Trinajstić information content (AvgIpc) is 3.47. The number of esters is 1. The molecule has 0 radical (unpaired) electrons. The molecule has 6 bridgehead atoms. The summed E-state index contributed by atoms with van der Waals surface area (Å²) in [6.07, 6.45) is 3.29. The molecule has 256 valence electrons. The van der Waals surface area contributed by atoms with Crippen molar-refractivity contribution in [1.82, 2.24) is 14.6 Å². The molecule has 1 fully saturated rings. The Bertz CT molecular complexity index is 1790. The molecular formula is C38H47FN4O5. The molecule has 2 atom stereocenters. The number of methoxy groups -OCH3 is 1. The average molecular weight is 659 g/mol. The summed E-state index contributed by atoms with van der Waals surface area (Å²) in [4.78, 5) is 20.6. The molecule has 2 aromatic heterocycles. The summed E-state index contributed by atoms with van der Waals surface area (Å²) in [5.74, 6) is 0.563. The van der Waals surface area contributed by atoms with Crippen molar-refractivity contribution in [3.63, 3.8) is 0 Å². The second-order valence-corrected chi connectivity index (χ2v) is 14.3. The monoisotopic (exact) mass is 658 g/mol. The summed E-state index contributed by atoms with van der Waals surface area (Å²) in [5.41, 5.74) is 4.06. The largest absolute Gasteiger partial charge is 0.490 e. The van der Waals surface area contributed by atoms with Gasteiger partial charge in [-0.05, 0) is 103 Å². The van der Waals surface area contributed by atoms with E-state index in [4.69, 9.17) is 29.0 Å². The molecule has 1 saturated heterocycles. The van der Waals surface area contributed by atoms with Gasteiger partial charge in [0.25, 0.3) is 0 Å². The Morgan fingerprint density at radius 2 is 1.83 bits per heavy atom. The van der Waals surface area contributed by atoms with Gasteiger partial charge in [-0.15, -0.1) is 0 Å². The SMILES string of the molecule is COC(=O)C(OC(C)(C)C)c1c(C)nc2cc3nn2c1N1CCC(C)(CC1)OCCCCC(C)Oc1ccc(F)cc1-c1cccc-3c1. The zero-order valence-electron chi connectivity index (χ0n) is 29.1. The molecular weight excluding hydrogens is 611 g/mol. The molecule has 48 heavy (non-hydrogen) atoms. The van der Waals surface area contributed by atoms with Crippen molar-refractivity contribution in [1.29, 1.82) is 0 Å². The van der Waals surface area contributed by atoms with Gasteiger partial charge < -0.3 is 23.8 Å². The number of carbonyl (C=O) groups is 1. The van der Waals surface area contributed by atoms with E-state index >= 15 is 0 Å². The highest BCUT2D eigenvalue weighted by Gasteiger charge is 2.38. The van der Waals surface area contributed by atoms with E-state index in [-0.39, 0.29) is 17.5 Å². The topological polar surface area (TPSA) is 87.4 Å². The first-order valence-corrected chi connectivity index (χ1v) is 17.0. The molecule has 5 heterocycles. The highest BCUT2D eigenvalue weighted by atomic mass is 19.1. The van der Waals surface area contributed by atoms with Crippen molar-refractivity contribution in [3.05, 3.63) is 65.6 Å². The van der Waals surface area contributed by atoms with Crippen molar-refractivity contribution in [2.24, 2.45) is 0 Å². The van der Waals surface area contributed by atoms with E-state index in [0.717, 1.165) is 49.0 Å². The Morgan fingerprint density at radius 3 is 2.56 bits per heavy atom. The van der Waals surface area contributed by atoms with Crippen LogP contribution in [-0.2, 0) is 19.0 Å². The summed E-state index contributed by atoms with van der Waals surface area (Å²) in [7, 11) is 1.37. The maximum atomic E-state index is 14.6. The van der Waals surface area contributed by atoms with Crippen LogP contribution in [0, 0.1) is 12.7 Å². The molecule has 7 rings (SSSR count). The van der Waals surface area contributed by atoms with Crippen molar-refractivity contribution in [2.45, 2.75) is 97.1 Å². The molecule has 2 aromatic carbocycles. The summed E-state index contributed by atoms with van der Waals surface area (Å²) in [5, 5.41) is 5.11. The fourth-order valence-corrected chi connectivity index (χ4v) is 6.69. The van der Waals surface area contributed by atoms with Crippen LogP contribution in [0.5, 0.6) is 5.75 Å². The van der Waals surface area contributed by atoms with Gasteiger partial charge in [-0.1, -0.05) is 18.2 Å². The van der Waals surface area contributed by atoms with Gasteiger partial charge in [-0.25, -0.2) is 14.2 Å². The Balaban J connectivity index is 1.54. The molecule has 0 spiro atoms. The number of piperidine rings is 1. The number of nitrogens with zero attached hydrogens (tertiary/aromatic N) is 4. The van der Waals surface area contributed by atoms with Crippen molar-refractivity contribution >= 4 is 17.4 Å². The van der Waals surface area contributed by atoms with Gasteiger partial charge in [0, 0.05) is 42.6 Å². The number of hydrogen-bond acceptors (Lipinski definition) is 8. The lowest BCUT2D eigenvalue weighted by molar-refractivity contribution is -0.164. The highest BCUT2D eigenvalue weighted by Crippen LogP contribution is 2.40. The molecule has 3 aliphatic rings. The number of carbonyl (C=O) groups excluding carboxylic acids is 1. The van der Waals surface area contributed by atoms with Crippen LogP contribution < -0.4 is 9.64 Å². The predicted octanol–water partition coefficient (Wildman–Crippen LogP) is 7.87. The third kappa shape index (κ3) is 7.20. The lowest BCUT2D eigenvalue weighted by atomic mass is 9.92. The van der Waals surface area contributed by atoms with Gasteiger partial charge in [0.2, 0.25) is 0 Å². The third-order valence-corrected chi connectivity index (χ3v) is 9.27. The first kappa shape index (κ1) is 33.9. The van der Waals surface area contributed by atoms with Crippen LogP contribution in [0.3, 0.4) is 0 Å². The zero-order valence-corrected chi connectivity index (χ0v) is 29.1.